The number of hydrogen-bond donors (Lipinski definition) is 2. The van der Waals surface area contributed by atoms with Gasteiger partial charge in [-0.3, -0.25) is 4.79 Å². The molecule has 7 heteroatoms. The first-order valence-corrected chi connectivity index (χ1v) is 5.54. The van der Waals surface area contributed by atoms with Crippen LogP contribution in [0.2, 0.25) is 0 Å². The molecule has 3 N–H and O–H groups in total. The molecule has 1 fully saturated rings. The highest BCUT2D eigenvalue weighted by atomic mass is 16.5. The Morgan fingerprint density at radius 3 is 3.06 bits per heavy atom. The SMILES string of the molecule is Cc1nc(CCNC(=O)C2(N)CCOC2)no1. The molecular weight excluding hydrogens is 224 g/mol. The Labute approximate surface area is 98.7 Å². The Hall–Kier alpha value is -1.47. The lowest BCUT2D eigenvalue weighted by Crippen LogP contribution is -2.54. The van der Waals surface area contributed by atoms with E-state index in [1.165, 1.54) is 0 Å². The van der Waals surface area contributed by atoms with E-state index in [1.54, 1.807) is 6.92 Å². The molecule has 2 rings (SSSR count). The van der Waals surface area contributed by atoms with Crippen LogP contribution < -0.4 is 11.1 Å². The zero-order chi connectivity index (χ0) is 12.3. The monoisotopic (exact) mass is 240 g/mol. The first-order chi connectivity index (χ1) is 8.10. The molecule has 0 aromatic carbocycles. The fourth-order valence-corrected chi connectivity index (χ4v) is 1.67. The van der Waals surface area contributed by atoms with E-state index in [9.17, 15) is 4.79 Å². The number of aryl methyl sites for hydroxylation is 1. The van der Waals surface area contributed by atoms with Crippen molar-refractivity contribution in [2.24, 2.45) is 5.73 Å². The minimum absolute atomic E-state index is 0.185. The third-order valence-electron chi connectivity index (χ3n) is 2.71. The van der Waals surface area contributed by atoms with Crippen LogP contribution in [0.4, 0.5) is 0 Å². The van der Waals surface area contributed by atoms with Gasteiger partial charge < -0.3 is 20.3 Å². The molecular formula is C10H16N4O3. The standard InChI is InChI=1S/C10H16N4O3/c1-7-13-8(14-17-7)2-4-12-9(15)10(11)3-5-16-6-10/h2-6,11H2,1H3,(H,12,15). The largest absolute Gasteiger partial charge is 0.379 e. The number of carbonyl (C=O) groups is 1. The molecule has 1 saturated heterocycles. The van der Waals surface area contributed by atoms with Crippen LogP contribution in [0.3, 0.4) is 0 Å². The molecule has 0 aliphatic carbocycles. The maximum absolute atomic E-state index is 11.8. The van der Waals surface area contributed by atoms with Crippen LogP contribution in [0.1, 0.15) is 18.1 Å². The predicted molar refractivity (Wildman–Crippen MR) is 58.1 cm³/mol. The number of carbonyl (C=O) groups excluding carboxylic acids is 1. The summed E-state index contributed by atoms with van der Waals surface area (Å²) in [6, 6.07) is 0. The van der Waals surface area contributed by atoms with E-state index in [2.05, 4.69) is 15.5 Å². The molecule has 1 aromatic heterocycles. The molecule has 0 saturated carbocycles. The second-order valence-corrected chi connectivity index (χ2v) is 4.19. The molecule has 1 aromatic rings. The Morgan fingerprint density at radius 2 is 2.47 bits per heavy atom. The van der Waals surface area contributed by atoms with E-state index in [-0.39, 0.29) is 12.5 Å². The maximum atomic E-state index is 11.8. The van der Waals surface area contributed by atoms with Gasteiger partial charge in [-0.15, -0.1) is 0 Å². The molecule has 17 heavy (non-hydrogen) atoms. The average Bonchev–Trinajstić information content (AvgIpc) is 2.89. The van der Waals surface area contributed by atoms with Crippen LogP contribution >= 0.6 is 0 Å². The first kappa shape index (κ1) is 12.0. The minimum Gasteiger partial charge on any atom is -0.379 e. The van der Waals surface area contributed by atoms with E-state index < -0.39 is 5.54 Å². The molecule has 2 heterocycles. The minimum atomic E-state index is -0.882. The van der Waals surface area contributed by atoms with Crippen molar-refractivity contribution in [3.8, 4) is 0 Å². The van der Waals surface area contributed by atoms with E-state index in [1.807, 2.05) is 0 Å². The van der Waals surface area contributed by atoms with Gasteiger partial charge in [0.05, 0.1) is 6.61 Å². The Balaban J connectivity index is 1.77. The number of nitrogens with zero attached hydrogens (tertiary/aromatic N) is 2. The van der Waals surface area contributed by atoms with Crippen molar-refractivity contribution < 1.29 is 14.1 Å². The number of nitrogens with two attached hydrogens (primary N) is 1. The molecule has 1 unspecified atom stereocenters. The first-order valence-electron chi connectivity index (χ1n) is 5.54. The van der Waals surface area contributed by atoms with Crippen molar-refractivity contribution in [1.82, 2.24) is 15.5 Å². The van der Waals surface area contributed by atoms with Crippen LogP contribution in [0, 0.1) is 6.92 Å². The van der Waals surface area contributed by atoms with Gasteiger partial charge in [-0.25, -0.2) is 0 Å². The lowest BCUT2D eigenvalue weighted by Gasteiger charge is -2.20. The van der Waals surface area contributed by atoms with Crippen molar-refractivity contribution in [3.63, 3.8) is 0 Å². The summed E-state index contributed by atoms with van der Waals surface area (Å²) in [5.41, 5.74) is 5.02. The Kier molecular flexibility index (Phi) is 3.39. The summed E-state index contributed by atoms with van der Waals surface area (Å²) in [4.78, 5) is 15.8. The third kappa shape index (κ3) is 2.80. The number of rotatable bonds is 4. The predicted octanol–water partition coefficient (Wildman–Crippen LogP) is -0.845. The molecule has 0 spiro atoms. The van der Waals surface area contributed by atoms with Gasteiger partial charge >= 0.3 is 0 Å². The zero-order valence-electron chi connectivity index (χ0n) is 9.73. The summed E-state index contributed by atoms with van der Waals surface area (Å²) < 4.78 is 9.95. The topological polar surface area (TPSA) is 103 Å². The second-order valence-electron chi connectivity index (χ2n) is 4.19. The van der Waals surface area contributed by atoms with Crippen molar-refractivity contribution in [1.29, 1.82) is 0 Å². The van der Waals surface area contributed by atoms with Crippen molar-refractivity contribution in [2.75, 3.05) is 19.8 Å². The van der Waals surface area contributed by atoms with Gasteiger partial charge in [-0.2, -0.15) is 4.98 Å². The van der Waals surface area contributed by atoms with Gasteiger partial charge in [0.1, 0.15) is 5.54 Å². The van der Waals surface area contributed by atoms with Crippen LogP contribution in [-0.4, -0.2) is 41.3 Å². The quantitative estimate of drug-likeness (QED) is 0.711. The van der Waals surface area contributed by atoms with Gasteiger partial charge in [0.2, 0.25) is 11.8 Å². The van der Waals surface area contributed by atoms with Gasteiger partial charge in [-0.1, -0.05) is 5.16 Å². The van der Waals surface area contributed by atoms with E-state index >= 15 is 0 Å². The van der Waals surface area contributed by atoms with Crippen molar-refractivity contribution in [2.45, 2.75) is 25.3 Å². The number of aromatic nitrogens is 2. The summed E-state index contributed by atoms with van der Waals surface area (Å²) in [6.45, 7) is 2.98. The summed E-state index contributed by atoms with van der Waals surface area (Å²) in [5, 5.41) is 6.49. The molecule has 1 amide bonds. The Bertz CT molecular complexity index is 398. The van der Waals surface area contributed by atoms with E-state index in [0.717, 1.165) is 0 Å². The Morgan fingerprint density at radius 1 is 1.65 bits per heavy atom. The summed E-state index contributed by atoms with van der Waals surface area (Å²) in [7, 11) is 0. The van der Waals surface area contributed by atoms with E-state index in [0.29, 0.717) is 37.7 Å². The maximum Gasteiger partial charge on any atom is 0.242 e. The molecule has 0 bridgehead atoms. The highest BCUT2D eigenvalue weighted by molar-refractivity contribution is 5.86. The zero-order valence-corrected chi connectivity index (χ0v) is 9.73. The lowest BCUT2D eigenvalue weighted by molar-refractivity contribution is -0.126. The highest BCUT2D eigenvalue weighted by Gasteiger charge is 2.37. The van der Waals surface area contributed by atoms with Gasteiger partial charge in [0.15, 0.2) is 5.82 Å². The normalized spacial score (nSPS) is 23.9. The molecule has 0 radical (unpaired) electrons. The highest BCUT2D eigenvalue weighted by Crippen LogP contribution is 2.15. The van der Waals surface area contributed by atoms with Crippen LogP contribution in [0.5, 0.6) is 0 Å². The smallest absolute Gasteiger partial charge is 0.242 e. The number of nitrogens with one attached hydrogen (secondary N) is 1. The third-order valence-corrected chi connectivity index (χ3v) is 2.71. The second kappa shape index (κ2) is 4.80. The van der Waals surface area contributed by atoms with Gasteiger partial charge in [-0.05, 0) is 6.42 Å². The molecule has 94 valence electrons. The van der Waals surface area contributed by atoms with Crippen LogP contribution in [0.15, 0.2) is 4.52 Å². The molecule has 1 aliphatic rings. The number of hydrogen-bond acceptors (Lipinski definition) is 6. The number of amides is 1. The molecule has 1 atom stereocenters. The van der Waals surface area contributed by atoms with Crippen LogP contribution in [0.25, 0.3) is 0 Å². The number of ether oxygens (including phenoxy) is 1. The summed E-state index contributed by atoms with van der Waals surface area (Å²) >= 11 is 0. The lowest BCUT2D eigenvalue weighted by atomic mass is 9.99. The van der Waals surface area contributed by atoms with Crippen LogP contribution in [-0.2, 0) is 16.0 Å². The van der Waals surface area contributed by atoms with Crippen molar-refractivity contribution in [3.05, 3.63) is 11.7 Å². The van der Waals surface area contributed by atoms with E-state index in [4.69, 9.17) is 15.0 Å². The van der Waals surface area contributed by atoms with Gasteiger partial charge in [0.25, 0.3) is 0 Å². The van der Waals surface area contributed by atoms with Crippen molar-refractivity contribution >= 4 is 5.91 Å². The molecule has 1 aliphatic heterocycles. The van der Waals surface area contributed by atoms with Gasteiger partial charge in [0, 0.05) is 26.5 Å². The average molecular weight is 240 g/mol. The fourth-order valence-electron chi connectivity index (χ4n) is 1.67. The summed E-state index contributed by atoms with van der Waals surface area (Å²) in [5.74, 6) is 0.914. The summed E-state index contributed by atoms with van der Waals surface area (Å²) in [6.07, 6.45) is 1.08. The fraction of sp³-hybridized carbons (Fsp3) is 0.700. The molecule has 7 nitrogen and oxygen atoms in total.